The van der Waals surface area contributed by atoms with Gasteiger partial charge in [0.2, 0.25) is 0 Å². The summed E-state index contributed by atoms with van der Waals surface area (Å²) in [4.78, 5) is 25.7. The first-order chi connectivity index (χ1) is 17.3. The predicted octanol–water partition coefficient (Wildman–Crippen LogP) is 3.57. The molecule has 37 heavy (non-hydrogen) atoms. The van der Waals surface area contributed by atoms with Gasteiger partial charge in [-0.2, -0.15) is 18.3 Å². The van der Waals surface area contributed by atoms with Gasteiger partial charge in [0.25, 0.3) is 11.8 Å². The van der Waals surface area contributed by atoms with Gasteiger partial charge in [0.15, 0.2) is 5.60 Å². The SMILES string of the molecule is CCN(CC(O)(CNC(=O)c1cnn(-c2ccccc2Cl)c1N)C(F)(F)F)C(=O)c1c(F)cccc1F. The topological polar surface area (TPSA) is 113 Å². The zero-order valence-corrected chi connectivity index (χ0v) is 19.9. The van der Waals surface area contributed by atoms with E-state index < -0.39 is 60.4 Å². The highest BCUT2D eigenvalue weighted by Crippen LogP contribution is 2.32. The standard InChI is InChI=1S/C23H21ClF5N5O3/c1-2-33(21(36)18-15(25)7-5-8-16(18)26)12-22(37,23(27,28)29)11-31-20(35)13-10-32-34(19(13)30)17-9-4-3-6-14(17)24/h3-10,37H,2,11-12,30H2,1H3,(H,31,35). The number of alkyl halides is 3. The van der Waals surface area contributed by atoms with Gasteiger partial charge in [-0.15, -0.1) is 0 Å². The summed E-state index contributed by atoms with van der Waals surface area (Å²) in [6.07, 6.45) is -4.35. The second-order valence-electron chi connectivity index (χ2n) is 7.93. The van der Waals surface area contributed by atoms with Gasteiger partial charge in [-0.05, 0) is 31.2 Å². The number of anilines is 1. The maximum atomic E-state index is 14.0. The van der Waals surface area contributed by atoms with E-state index in [1.165, 1.54) is 13.0 Å². The highest BCUT2D eigenvalue weighted by molar-refractivity contribution is 6.32. The van der Waals surface area contributed by atoms with Crippen LogP contribution < -0.4 is 11.1 Å². The van der Waals surface area contributed by atoms with E-state index in [4.69, 9.17) is 17.3 Å². The number of benzene rings is 2. The van der Waals surface area contributed by atoms with E-state index in [9.17, 15) is 36.6 Å². The number of para-hydroxylation sites is 1. The van der Waals surface area contributed by atoms with Crippen LogP contribution >= 0.6 is 11.6 Å². The third-order valence-corrected chi connectivity index (χ3v) is 5.82. The lowest BCUT2D eigenvalue weighted by Crippen LogP contribution is -2.60. The quantitative estimate of drug-likeness (QED) is 0.375. The second-order valence-corrected chi connectivity index (χ2v) is 8.34. The van der Waals surface area contributed by atoms with Gasteiger partial charge < -0.3 is 21.1 Å². The molecule has 0 saturated heterocycles. The summed E-state index contributed by atoms with van der Waals surface area (Å²) in [6.45, 7) is -2.00. The molecule has 14 heteroatoms. The molecule has 8 nitrogen and oxygen atoms in total. The van der Waals surface area contributed by atoms with Crippen molar-refractivity contribution in [2.24, 2.45) is 0 Å². The molecular weight excluding hydrogens is 525 g/mol. The van der Waals surface area contributed by atoms with Gasteiger partial charge in [-0.1, -0.05) is 29.8 Å². The first-order valence-electron chi connectivity index (χ1n) is 10.7. The number of hydrogen-bond donors (Lipinski definition) is 3. The molecular formula is C23H21ClF5N5O3. The first kappa shape index (κ1) is 27.9. The van der Waals surface area contributed by atoms with Gasteiger partial charge >= 0.3 is 6.18 Å². The van der Waals surface area contributed by atoms with Crippen LogP contribution in [-0.4, -0.2) is 63.0 Å². The van der Waals surface area contributed by atoms with Crippen molar-refractivity contribution >= 4 is 29.2 Å². The number of nitrogens with one attached hydrogen (secondary N) is 1. The molecule has 4 N–H and O–H groups in total. The number of halogens is 6. The van der Waals surface area contributed by atoms with E-state index in [2.05, 4.69) is 5.10 Å². The van der Waals surface area contributed by atoms with Crippen molar-refractivity contribution in [3.05, 3.63) is 76.4 Å². The molecule has 3 rings (SSSR count). The van der Waals surface area contributed by atoms with Crippen LogP contribution in [0.1, 0.15) is 27.6 Å². The molecule has 0 fully saturated rings. The van der Waals surface area contributed by atoms with Crippen molar-refractivity contribution in [2.45, 2.75) is 18.7 Å². The molecule has 1 aromatic heterocycles. The van der Waals surface area contributed by atoms with Crippen molar-refractivity contribution < 1.29 is 36.6 Å². The Kier molecular flexibility index (Phi) is 8.08. The highest BCUT2D eigenvalue weighted by Gasteiger charge is 2.55. The van der Waals surface area contributed by atoms with Crippen molar-refractivity contribution in [2.75, 3.05) is 25.4 Å². The van der Waals surface area contributed by atoms with Gasteiger partial charge in [0, 0.05) is 6.54 Å². The number of aliphatic hydroxyl groups is 1. The molecule has 2 amide bonds. The Morgan fingerprint density at radius 3 is 2.32 bits per heavy atom. The Hall–Kier alpha value is -3.71. The summed E-state index contributed by atoms with van der Waals surface area (Å²) >= 11 is 6.09. The van der Waals surface area contributed by atoms with Crippen LogP contribution in [0.2, 0.25) is 5.02 Å². The van der Waals surface area contributed by atoms with Gasteiger partial charge in [-0.25, -0.2) is 13.5 Å². The Morgan fingerprint density at radius 2 is 1.76 bits per heavy atom. The minimum absolute atomic E-state index is 0.235. The van der Waals surface area contributed by atoms with Gasteiger partial charge in [-0.3, -0.25) is 9.59 Å². The summed E-state index contributed by atoms with van der Waals surface area (Å²) in [6, 6.07) is 8.88. The van der Waals surface area contributed by atoms with Crippen LogP contribution in [0.15, 0.2) is 48.7 Å². The van der Waals surface area contributed by atoms with Crippen LogP contribution in [0.4, 0.5) is 27.8 Å². The predicted molar refractivity (Wildman–Crippen MR) is 124 cm³/mol. The van der Waals surface area contributed by atoms with Crippen molar-refractivity contribution in [3.63, 3.8) is 0 Å². The number of amides is 2. The molecule has 0 aliphatic carbocycles. The summed E-state index contributed by atoms with van der Waals surface area (Å²) in [5.74, 6) is -5.30. The molecule has 0 spiro atoms. The monoisotopic (exact) mass is 545 g/mol. The number of nitrogens with two attached hydrogens (primary N) is 1. The molecule has 1 atom stereocenters. The normalized spacial score (nSPS) is 13.2. The number of rotatable bonds is 8. The Bertz CT molecular complexity index is 1300. The zero-order valence-electron chi connectivity index (χ0n) is 19.2. The van der Waals surface area contributed by atoms with Crippen LogP contribution in [0.5, 0.6) is 0 Å². The minimum Gasteiger partial charge on any atom is -0.383 e. The molecule has 0 aliphatic heterocycles. The molecule has 198 valence electrons. The number of hydrogen-bond acceptors (Lipinski definition) is 5. The fraction of sp³-hybridized carbons (Fsp3) is 0.261. The third-order valence-electron chi connectivity index (χ3n) is 5.50. The highest BCUT2D eigenvalue weighted by atomic mass is 35.5. The molecule has 0 bridgehead atoms. The summed E-state index contributed by atoms with van der Waals surface area (Å²) in [5.41, 5.74) is 1.19. The first-order valence-corrected chi connectivity index (χ1v) is 11.1. The van der Waals surface area contributed by atoms with Crippen LogP contribution in [-0.2, 0) is 0 Å². The average Bonchev–Trinajstić information content (AvgIpc) is 3.21. The number of aromatic nitrogens is 2. The largest absolute Gasteiger partial charge is 0.420 e. The maximum absolute atomic E-state index is 14.0. The zero-order chi connectivity index (χ0) is 27.5. The Balaban J connectivity index is 1.82. The van der Waals surface area contributed by atoms with Crippen LogP contribution in [0, 0.1) is 11.6 Å². The van der Waals surface area contributed by atoms with E-state index in [1.807, 2.05) is 5.32 Å². The molecule has 0 aliphatic rings. The molecule has 2 aromatic carbocycles. The second kappa shape index (κ2) is 10.7. The minimum atomic E-state index is -5.35. The van der Waals surface area contributed by atoms with Crippen molar-refractivity contribution in [1.29, 1.82) is 0 Å². The lowest BCUT2D eigenvalue weighted by atomic mass is 10.0. The Labute approximate surface area is 212 Å². The molecule has 1 unspecified atom stereocenters. The number of likely N-dealkylation sites (N-methyl/N-ethyl adjacent to an activating group) is 1. The summed E-state index contributed by atoms with van der Waals surface area (Å²) in [5, 5.41) is 16.6. The molecule has 0 saturated carbocycles. The number of carbonyl (C=O) groups is 2. The van der Waals surface area contributed by atoms with Gasteiger partial charge in [0.05, 0.1) is 30.0 Å². The average molecular weight is 546 g/mol. The van der Waals surface area contributed by atoms with Crippen LogP contribution in [0.25, 0.3) is 5.69 Å². The fourth-order valence-corrected chi connectivity index (χ4v) is 3.63. The van der Waals surface area contributed by atoms with E-state index in [-0.39, 0.29) is 16.4 Å². The smallest absolute Gasteiger partial charge is 0.383 e. The lowest BCUT2D eigenvalue weighted by Gasteiger charge is -2.35. The fourth-order valence-electron chi connectivity index (χ4n) is 3.42. The van der Waals surface area contributed by atoms with E-state index in [0.29, 0.717) is 10.6 Å². The third kappa shape index (κ3) is 5.67. The molecule has 0 radical (unpaired) electrons. The van der Waals surface area contributed by atoms with Gasteiger partial charge in [0.1, 0.15) is 28.6 Å². The van der Waals surface area contributed by atoms with E-state index in [1.54, 1.807) is 18.2 Å². The molecule has 3 aromatic rings. The molecule has 1 heterocycles. The number of nitrogen functional groups attached to an aromatic ring is 1. The number of nitrogens with zero attached hydrogens (tertiary/aromatic N) is 3. The van der Waals surface area contributed by atoms with E-state index >= 15 is 0 Å². The summed E-state index contributed by atoms with van der Waals surface area (Å²) < 4.78 is 70.8. The van der Waals surface area contributed by atoms with Crippen molar-refractivity contribution in [1.82, 2.24) is 20.0 Å². The number of carbonyl (C=O) groups excluding carboxylic acids is 2. The van der Waals surface area contributed by atoms with Crippen molar-refractivity contribution in [3.8, 4) is 5.69 Å². The van der Waals surface area contributed by atoms with E-state index in [0.717, 1.165) is 29.1 Å². The maximum Gasteiger partial charge on any atom is 0.420 e. The lowest BCUT2D eigenvalue weighted by molar-refractivity contribution is -0.259. The summed E-state index contributed by atoms with van der Waals surface area (Å²) in [7, 11) is 0. The Morgan fingerprint density at radius 1 is 1.14 bits per heavy atom. The van der Waals surface area contributed by atoms with Crippen LogP contribution in [0.3, 0.4) is 0 Å².